The molecule has 0 saturated carbocycles. The van der Waals surface area contributed by atoms with Crippen molar-refractivity contribution in [2.45, 2.75) is 19.9 Å². The predicted octanol–water partition coefficient (Wildman–Crippen LogP) is 3.35. The van der Waals surface area contributed by atoms with Crippen LogP contribution in [-0.2, 0) is 13.0 Å². The van der Waals surface area contributed by atoms with Gasteiger partial charge in [0, 0.05) is 23.7 Å². The number of rotatable bonds is 7. The summed E-state index contributed by atoms with van der Waals surface area (Å²) < 4.78 is 5.19. The third-order valence-electron chi connectivity index (χ3n) is 3.66. The molecule has 2 aromatic rings. The molecule has 0 atom stereocenters. The zero-order chi connectivity index (χ0) is 18.1. The highest BCUT2D eigenvalue weighted by molar-refractivity contribution is 6.30. The average Bonchev–Trinajstić information content (AvgIpc) is 2.62. The summed E-state index contributed by atoms with van der Waals surface area (Å²) in [6.07, 6.45) is 0.867. The first-order valence-electron chi connectivity index (χ1n) is 8.25. The van der Waals surface area contributed by atoms with Gasteiger partial charge in [0.1, 0.15) is 11.5 Å². The van der Waals surface area contributed by atoms with Gasteiger partial charge >= 0.3 is 0 Å². The fourth-order valence-electron chi connectivity index (χ4n) is 2.30. The number of aliphatic imine (C=N–C) groups is 1. The van der Waals surface area contributed by atoms with Crippen LogP contribution in [0.2, 0.25) is 5.02 Å². The minimum atomic E-state index is 0.210. The smallest absolute Gasteiger partial charge is 0.191 e. The Morgan fingerprint density at radius 2 is 1.92 bits per heavy atom. The topological polar surface area (TPSA) is 65.9 Å². The Kier molecular flexibility index (Phi) is 7.41. The molecule has 0 aliphatic heterocycles. The van der Waals surface area contributed by atoms with E-state index in [1.165, 1.54) is 5.56 Å². The molecule has 2 aromatic carbocycles. The highest BCUT2D eigenvalue weighted by atomic mass is 35.5. The van der Waals surface area contributed by atoms with Gasteiger partial charge in [0.05, 0.1) is 13.7 Å². The number of benzene rings is 2. The molecule has 134 valence electrons. The number of aromatic hydroxyl groups is 1. The van der Waals surface area contributed by atoms with E-state index in [0.717, 1.165) is 24.5 Å². The monoisotopic (exact) mass is 361 g/mol. The van der Waals surface area contributed by atoms with Crippen molar-refractivity contribution in [3.63, 3.8) is 0 Å². The van der Waals surface area contributed by atoms with E-state index >= 15 is 0 Å². The van der Waals surface area contributed by atoms with E-state index in [1.807, 2.05) is 31.2 Å². The average molecular weight is 362 g/mol. The van der Waals surface area contributed by atoms with Crippen molar-refractivity contribution < 1.29 is 9.84 Å². The van der Waals surface area contributed by atoms with Crippen molar-refractivity contribution in [3.05, 3.63) is 58.6 Å². The number of nitrogens with zero attached hydrogens (tertiary/aromatic N) is 1. The molecular formula is C19H24ClN3O2. The van der Waals surface area contributed by atoms with Crippen molar-refractivity contribution in [1.82, 2.24) is 10.6 Å². The number of methoxy groups -OCH3 is 1. The van der Waals surface area contributed by atoms with Crippen molar-refractivity contribution in [1.29, 1.82) is 0 Å². The van der Waals surface area contributed by atoms with Crippen LogP contribution in [0, 0.1) is 0 Å². The lowest BCUT2D eigenvalue weighted by Gasteiger charge is -2.12. The van der Waals surface area contributed by atoms with Crippen molar-refractivity contribution in [3.8, 4) is 11.5 Å². The van der Waals surface area contributed by atoms with Gasteiger partial charge in [0.25, 0.3) is 0 Å². The third-order valence-corrected chi connectivity index (χ3v) is 3.91. The number of guanidine groups is 1. The number of phenols is 1. The molecule has 0 unspecified atom stereocenters. The lowest BCUT2D eigenvalue weighted by molar-refractivity contribution is 0.411. The molecule has 5 nitrogen and oxygen atoms in total. The SMILES string of the molecule is CCNC(=NCc1cc(OC)ccc1O)NCCc1ccc(Cl)cc1. The summed E-state index contributed by atoms with van der Waals surface area (Å²) >= 11 is 5.90. The fourth-order valence-corrected chi connectivity index (χ4v) is 2.42. The summed E-state index contributed by atoms with van der Waals surface area (Å²) in [6, 6.07) is 12.9. The molecule has 3 N–H and O–H groups in total. The Morgan fingerprint density at radius 1 is 1.16 bits per heavy atom. The van der Waals surface area contributed by atoms with Gasteiger partial charge in [-0.05, 0) is 49.2 Å². The van der Waals surface area contributed by atoms with Crippen LogP contribution < -0.4 is 15.4 Å². The quantitative estimate of drug-likeness (QED) is 0.522. The van der Waals surface area contributed by atoms with Gasteiger partial charge < -0.3 is 20.5 Å². The second-order valence-corrected chi connectivity index (χ2v) is 5.93. The van der Waals surface area contributed by atoms with Gasteiger partial charge in [0.2, 0.25) is 0 Å². The van der Waals surface area contributed by atoms with Crippen LogP contribution in [0.4, 0.5) is 0 Å². The van der Waals surface area contributed by atoms with Crippen molar-refractivity contribution >= 4 is 17.6 Å². The van der Waals surface area contributed by atoms with Crippen molar-refractivity contribution in [2.24, 2.45) is 4.99 Å². The van der Waals surface area contributed by atoms with E-state index in [9.17, 15) is 5.11 Å². The minimum Gasteiger partial charge on any atom is -0.508 e. The van der Waals surface area contributed by atoms with Crippen LogP contribution in [0.5, 0.6) is 11.5 Å². The highest BCUT2D eigenvalue weighted by Crippen LogP contribution is 2.23. The Balaban J connectivity index is 1.94. The van der Waals surface area contributed by atoms with E-state index in [-0.39, 0.29) is 5.75 Å². The van der Waals surface area contributed by atoms with E-state index in [1.54, 1.807) is 25.3 Å². The number of ether oxygens (including phenoxy) is 1. The van der Waals surface area contributed by atoms with E-state index in [2.05, 4.69) is 15.6 Å². The number of nitrogens with one attached hydrogen (secondary N) is 2. The Bertz CT molecular complexity index is 702. The van der Waals surface area contributed by atoms with Crippen LogP contribution in [0.25, 0.3) is 0 Å². The van der Waals surface area contributed by atoms with E-state index < -0.39 is 0 Å². The molecule has 0 fully saturated rings. The van der Waals surface area contributed by atoms with Crippen molar-refractivity contribution in [2.75, 3.05) is 20.2 Å². The Labute approximate surface area is 153 Å². The minimum absolute atomic E-state index is 0.210. The normalized spacial score (nSPS) is 11.2. The van der Waals surface area contributed by atoms with Crippen LogP contribution in [0.3, 0.4) is 0 Å². The third kappa shape index (κ3) is 6.19. The Morgan fingerprint density at radius 3 is 2.60 bits per heavy atom. The molecule has 6 heteroatoms. The predicted molar refractivity (Wildman–Crippen MR) is 103 cm³/mol. The summed E-state index contributed by atoms with van der Waals surface area (Å²) in [5.41, 5.74) is 1.92. The first kappa shape index (κ1) is 18.9. The molecule has 0 saturated heterocycles. The lowest BCUT2D eigenvalue weighted by Crippen LogP contribution is -2.38. The first-order chi connectivity index (χ1) is 12.1. The fraction of sp³-hybridized carbons (Fsp3) is 0.316. The zero-order valence-corrected chi connectivity index (χ0v) is 15.3. The van der Waals surface area contributed by atoms with Gasteiger partial charge in [-0.3, -0.25) is 0 Å². The molecule has 0 spiro atoms. The molecular weight excluding hydrogens is 338 g/mol. The number of hydrogen-bond donors (Lipinski definition) is 3. The van der Waals surface area contributed by atoms with Crippen LogP contribution in [-0.4, -0.2) is 31.3 Å². The maximum atomic E-state index is 9.94. The second kappa shape index (κ2) is 9.79. The van der Waals surface area contributed by atoms with Gasteiger partial charge in [0.15, 0.2) is 5.96 Å². The first-order valence-corrected chi connectivity index (χ1v) is 8.62. The molecule has 0 amide bonds. The highest BCUT2D eigenvalue weighted by Gasteiger charge is 2.04. The molecule has 0 aromatic heterocycles. The Hall–Kier alpha value is -2.40. The zero-order valence-electron chi connectivity index (χ0n) is 14.6. The largest absolute Gasteiger partial charge is 0.508 e. The molecule has 25 heavy (non-hydrogen) atoms. The van der Waals surface area contributed by atoms with Gasteiger partial charge in [-0.15, -0.1) is 0 Å². The van der Waals surface area contributed by atoms with Gasteiger partial charge in [-0.25, -0.2) is 4.99 Å². The maximum absolute atomic E-state index is 9.94. The summed E-state index contributed by atoms with van der Waals surface area (Å²) in [4.78, 5) is 4.52. The summed E-state index contributed by atoms with van der Waals surface area (Å²) in [7, 11) is 1.60. The maximum Gasteiger partial charge on any atom is 0.191 e. The number of hydrogen-bond acceptors (Lipinski definition) is 3. The van der Waals surface area contributed by atoms with Gasteiger partial charge in [-0.1, -0.05) is 23.7 Å². The molecule has 0 aliphatic rings. The van der Waals surface area contributed by atoms with Crippen LogP contribution in [0.15, 0.2) is 47.5 Å². The second-order valence-electron chi connectivity index (χ2n) is 5.49. The van der Waals surface area contributed by atoms with E-state index in [0.29, 0.717) is 23.8 Å². The molecule has 0 aliphatic carbocycles. The molecule has 0 radical (unpaired) electrons. The van der Waals surface area contributed by atoms with Crippen LogP contribution in [0.1, 0.15) is 18.1 Å². The summed E-state index contributed by atoms with van der Waals surface area (Å²) in [6.45, 7) is 3.88. The molecule has 0 bridgehead atoms. The molecule has 2 rings (SSSR count). The van der Waals surface area contributed by atoms with Crippen LogP contribution >= 0.6 is 11.6 Å². The summed E-state index contributed by atoms with van der Waals surface area (Å²) in [5, 5.41) is 17.2. The number of halogens is 1. The van der Waals surface area contributed by atoms with Gasteiger partial charge in [-0.2, -0.15) is 0 Å². The standard InChI is InChI=1S/C19H24ClN3O2/c1-3-21-19(22-11-10-14-4-6-16(20)7-5-14)23-13-15-12-17(25-2)8-9-18(15)24/h4-9,12,24H,3,10-11,13H2,1-2H3,(H2,21,22,23). The van der Waals surface area contributed by atoms with E-state index in [4.69, 9.17) is 16.3 Å². The number of phenolic OH excluding ortho intramolecular Hbond substituents is 1. The summed E-state index contributed by atoms with van der Waals surface area (Å²) in [5.74, 6) is 1.61. The lowest BCUT2D eigenvalue weighted by atomic mass is 10.1. The molecule has 0 heterocycles.